The summed E-state index contributed by atoms with van der Waals surface area (Å²) < 4.78 is 10.8. The van der Waals surface area contributed by atoms with E-state index in [2.05, 4.69) is 51.9 Å². The second-order valence-electron chi connectivity index (χ2n) is 7.65. The van der Waals surface area contributed by atoms with Crippen LogP contribution in [0.25, 0.3) is 0 Å². The molecule has 0 aliphatic heterocycles. The predicted octanol–water partition coefficient (Wildman–Crippen LogP) is 6.32. The molecular weight excluding hydrogens is 338 g/mol. The van der Waals surface area contributed by atoms with E-state index in [-0.39, 0.29) is 0 Å². The lowest BCUT2D eigenvalue weighted by Crippen LogP contribution is -2.08. The smallest absolute Gasteiger partial charge is 0.140 e. The summed E-state index contributed by atoms with van der Waals surface area (Å²) in [5.41, 5.74) is 3.96. The van der Waals surface area contributed by atoms with E-state index in [0.29, 0.717) is 26.4 Å². The van der Waals surface area contributed by atoms with Crippen LogP contribution in [-0.4, -0.2) is 38.7 Å². The zero-order chi connectivity index (χ0) is 20.3. The van der Waals surface area contributed by atoms with E-state index in [9.17, 15) is 0 Å². The molecule has 0 fully saturated rings. The van der Waals surface area contributed by atoms with Gasteiger partial charge in [0.05, 0.1) is 25.5 Å². The lowest BCUT2D eigenvalue weighted by Gasteiger charge is -2.06. The highest BCUT2D eigenvalue weighted by atomic mass is 16.6. The molecule has 0 unspecified atom stereocenters. The Morgan fingerprint density at radius 1 is 0.815 bits per heavy atom. The van der Waals surface area contributed by atoms with E-state index < -0.39 is 0 Å². The van der Waals surface area contributed by atoms with Crippen LogP contribution in [0.2, 0.25) is 0 Å². The molecule has 0 N–H and O–H groups in total. The van der Waals surface area contributed by atoms with Crippen LogP contribution in [0.5, 0.6) is 0 Å². The van der Waals surface area contributed by atoms with E-state index >= 15 is 0 Å². The van der Waals surface area contributed by atoms with Crippen molar-refractivity contribution in [2.75, 3.05) is 33.0 Å². The maximum atomic E-state index is 5.42. The van der Waals surface area contributed by atoms with E-state index in [1.165, 1.54) is 17.6 Å². The Morgan fingerprint density at radius 3 is 2.11 bits per heavy atom. The highest BCUT2D eigenvalue weighted by molar-refractivity contribution is 5.81. The molecule has 4 nitrogen and oxygen atoms in total. The Labute approximate surface area is 168 Å². The molecule has 0 aliphatic carbocycles. The van der Waals surface area contributed by atoms with Crippen molar-refractivity contribution < 1.29 is 14.3 Å². The number of nitrogens with zero attached hydrogens (tertiary/aromatic N) is 1. The lowest BCUT2D eigenvalue weighted by atomic mass is 10.0. The maximum Gasteiger partial charge on any atom is 0.140 e. The number of hydrogen-bond donors (Lipinski definition) is 0. The first-order chi connectivity index (χ1) is 13.0. The Bertz CT molecular complexity index is 439. The molecule has 158 valence electrons. The van der Waals surface area contributed by atoms with Gasteiger partial charge in [-0.2, -0.15) is 0 Å². The topological polar surface area (TPSA) is 40.0 Å². The highest BCUT2D eigenvalue weighted by Crippen LogP contribution is 2.12. The third kappa shape index (κ3) is 19.4. The van der Waals surface area contributed by atoms with Gasteiger partial charge < -0.3 is 14.3 Å². The number of allylic oxidation sites excluding steroid dienone is 4. The number of hydrogen-bond acceptors (Lipinski definition) is 4. The fourth-order valence-electron chi connectivity index (χ4n) is 2.33. The van der Waals surface area contributed by atoms with E-state index in [0.717, 1.165) is 50.3 Å². The molecule has 0 aliphatic rings. The van der Waals surface area contributed by atoms with Crippen LogP contribution in [-0.2, 0) is 14.3 Å². The summed E-state index contributed by atoms with van der Waals surface area (Å²) >= 11 is 0. The molecule has 0 atom stereocenters. The Hall–Kier alpha value is -1.13. The van der Waals surface area contributed by atoms with Crippen molar-refractivity contribution in [1.82, 2.24) is 0 Å². The highest BCUT2D eigenvalue weighted by Gasteiger charge is 1.97. The van der Waals surface area contributed by atoms with Crippen molar-refractivity contribution in [3.8, 4) is 0 Å². The molecule has 0 radical (unpaired) electrons. The van der Waals surface area contributed by atoms with Gasteiger partial charge >= 0.3 is 0 Å². The van der Waals surface area contributed by atoms with Crippen molar-refractivity contribution in [2.24, 2.45) is 11.1 Å². The quantitative estimate of drug-likeness (QED) is 0.128. The van der Waals surface area contributed by atoms with E-state index in [4.69, 9.17) is 14.3 Å². The molecule has 4 heteroatoms. The van der Waals surface area contributed by atoms with Gasteiger partial charge in [0.1, 0.15) is 6.61 Å². The van der Waals surface area contributed by atoms with Crippen molar-refractivity contribution in [3.63, 3.8) is 0 Å². The molecule has 27 heavy (non-hydrogen) atoms. The number of rotatable bonds is 17. The predicted molar refractivity (Wildman–Crippen MR) is 116 cm³/mol. The van der Waals surface area contributed by atoms with E-state index in [1.54, 1.807) is 0 Å². The van der Waals surface area contributed by atoms with Gasteiger partial charge in [-0.1, -0.05) is 49.2 Å². The van der Waals surface area contributed by atoms with Crippen LogP contribution in [0.1, 0.15) is 80.1 Å². The normalized spacial score (nSPS) is 13.5. The molecule has 0 aromatic heterocycles. The van der Waals surface area contributed by atoms with Gasteiger partial charge in [0.25, 0.3) is 0 Å². The number of ether oxygens (including phenoxy) is 2. The average molecular weight is 382 g/mol. The molecule has 0 rings (SSSR count). The summed E-state index contributed by atoms with van der Waals surface area (Å²) in [6, 6.07) is 0. The first kappa shape index (κ1) is 25.9. The van der Waals surface area contributed by atoms with Crippen LogP contribution in [0, 0.1) is 5.92 Å². The first-order valence-electron chi connectivity index (χ1n) is 10.6. The first-order valence-corrected chi connectivity index (χ1v) is 10.6. The Kier molecular flexibility index (Phi) is 17.5. The summed E-state index contributed by atoms with van der Waals surface area (Å²) in [7, 11) is 0. The van der Waals surface area contributed by atoms with Crippen LogP contribution in [0.15, 0.2) is 28.5 Å². The standard InChI is InChI=1S/C23H43NO3/c1-7-15-25-16-17-26-18-19-27-24-23(6)14-13-22(5)10-8-9-21(4)12-11-20(2)3/h10,12,20H,7-9,11,13-19H2,1-6H3/b21-12+,22-10+,24-23+. The summed E-state index contributed by atoms with van der Waals surface area (Å²) in [4.78, 5) is 5.31. The van der Waals surface area contributed by atoms with Crippen LogP contribution >= 0.6 is 0 Å². The molecule has 0 spiro atoms. The summed E-state index contributed by atoms with van der Waals surface area (Å²) in [6.45, 7) is 16.2. The van der Waals surface area contributed by atoms with Gasteiger partial charge in [0.15, 0.2) is 0 Å². The second kappa shape index (κ2) is 18.2. The molecular formula is C23H43NO3. The van der Waals surface area contributed by atoms with Crippen molar-refractivity contribution in [1.29, 1.82) is 0 Å². The van der Waals surface area contributed by atoms with Gasteiger partial charge in [0, 0.05) is 6.61 Å². The van der Waals surface area contributed by atoms with Crippen LogP contribution < -0.4 is 0 Å². The van der Waals surface area contributed by atoms with E-state index in [1.807, 2.05) is 6.92 Å². The zero-order valence-electron chi connectivity index (χ0n) is 18.7. The summed E-state index contributed by atoms with van der Waals surface area (Å²) in [5, 5.41) is 4.16. The monoisotopic (exact) mass is 381 g/mol. The van der Waals surface area contributed by atoms with Gasteiger partial charge in [-0.3, -0.25) is 0 Å². The molecule has 0 bridgehead atoms. The third-order valence-electron chi connectivity index (χ3n) is 4.11. The van der Waals surface area contributed by atoms with Gasteiger partial charge in [-0.15, -0.1) is 0 Å². The molecule has 0 saturated heterocycles. The van der Waals surface area contributed by atoms with Crippen molar-refractivity contribution >= 4 is 5.71 Å². The van der Waals surface area contributed by atoms with Crippen LogP contribution in [0.3, 0.4) is 0 Å². The van der Waals surface area contributed by atoms with Gasteiger partial charge in [-0.25, -0.2) is 0 Å². The minimum absolute atomic E-state index is 0.488. The summed E-state index contributed by atoms with van der Waals surface area (Å²) in [6.07, 6.45) is 11.2. The molecule has 0 aromatic rings. The fourth-order valence-corrected chi connectivity index (χ4v) is 2.33. The minimum Gasteiger partial charge on any atom is -0.393 e. The summed E-state index contributed by atoms with van der Waals surface area (Å²) in [5.74, 6) is 0.744. The SMILES string of the molecule is CCCOCCOCCO/N=C(\C)CC/C(C)=C/CC/C(C)=C/CC(C)C. The molecule has 0 heterocycles. The van der Waals surface area contributed by atoms with Crippen molar-refractivity contribution in [2.45, 2.75) is 80.1 Å². The van der Waals surface area contributed by atoms with Gasteiger partial charge in [-0.05, 0) is 65.2 Å². The fraction of sp³-hybridized carbons (Fsp3) is 0.783. The maximum absolute atomic E-state index is 5.42. The minimum atomic E-state index is 0.488. The number of oxime groups is 1. The third-order valence-corrected chi connectivity index (χ3v) is 4.11. The zero-order valence-corrected chi connectivity index (χ0v) is 18.7. The molecule has 0 saturated carbocycles. The van der Waals surface area contributed by atoms with Gasteiger partial charge in [0.2, 0.25) is 0 Å². The molecule has 0 amide bonds. The largest absolute Gasteiger partial charge is 0.393 e. The lowest BCUT2D eigenvalue weighted by molar-refractivity contribution is 0.0158. The Morgan fingerprint density at radius 2 is 1.44 bits per heavy atom. The second-order valence-corrected chi connectivity index (χ2v) is 7.65. The average Bonchev–Trinajstić information content (AvgIpc) is 2.63. The Balaban J connectivity index is 3.75. The van der Waals surface area contributed by atoms with Crippen molar-refractivity contribution in [3.05, 3.63) is 23.3 Å². The van der Waals surface area contributed by atoms with Crippen LogP contribution in [0.4, 0.5) is 0 Å². The molecule has 0 aromatic carbocycles.